The molecule has 2 aliphatic heterocycles. The molecular weight excluding hydrogens is 739 g/mol. The average molecular weight is 790 g/mol. The van der Waals surface area contributed by atoms with Crippen LogP contribution in [0.25, 0.3) is 0 Å². The van der Waals surface area contributed by atoms with Crippen LogP contribution in [0.5, 0.6) is 0 Å². The molecule has 6 amide bonds. The molecule has 0 spiro atoms. The van der Waals surface area contributed by atoms with Crippen LogP contribution >= 0.6 is 0 Å². The summed E-state index contributed by atoms with van der Waals surface area (Å²) >= 11 is 0. The van der Waals surface area contributed by atoms with Crippen molar-refractivity contribution >= 4 is 46.8 Å². The molecule has 2 aromatic carbocycles. The molecule has 15 heteroatoms. The van der Waals surface area contributed by atoms with Gasteiger partial charge >= 0.3 is 0 Å². The van der Waals surface area contributed by atoms with Gasteiger partial charge in [-0.3, -0.25) is 48.3 Å². The van der Waals surface area contributed by atoms with Crippen LogP contribution in [0.3, 0.4) is 0 Å². The predicted molar refractivity (Wildman–Crippen MR) is 216 cm³/mol. The van der Waals surface area contributed by atoms with E-state index in [1.807, 2.05) is 29.1 Å². The van der Waals surface area contributed by atoms with Gasteiger partial charge < -0.3 is 15.5 Å². The number of aromatic nitrogens is 4. The molecule has 0 saturated carbocycles. The zero-order chi connectivity index (χ0) is 41.1. The summed E-state index contributed by atoms with van der Waals surface area (Å²) in [6.07, 6.45) is 9.92. The first-order chi connectivity index (χ1) is 27.8. The molecule has 3 N–H and O–H groups in total. The maximum absolute atomic E-state index is 13.3. The largest absolute Gasteiger partial charge is 0.326 e. The number of anilines is 2. The molecule has 1 saturated heterocycles. The number of likely N-dealkylation sites (N-methyl/N-ethyl adjacent to an activating group) is 1. The van der Waals surface area contributed by atoms with Crippen LogP contribution in [0.15, 0.2) is 60.9 Å². The van der Waals surface area contributed by atoms with Gasteiger partial charge in [-0.05, 0) is 87.7 Å². The number of likely N-dealkylation sites (tertiary alicyclic amines) is 1. The van der Waals surface area contributed by atoms with Gasteiger partial charge in [0.2, 0.25) is 11.8 Å². The Morgan fingerprint density at radius 1 is 0.948 bits per heavy atom. The highest BCUT2D eigenvalue weighted by atomic mass is 16.2. The summed E-state index contributed by atoms with van der Waals surface area (Å²) in [6.45, 7) is 6.12. The van der Waals surface area contributed by atoms with Crippen molar-refractivity contribution in [2.45, 2.75) is 90.1 Å². The molecule has 15 nitrogen and oxygen atoms in total. The zero-order valence-corrected chi connectivity index (χ0v) is 33.5. The highest BCUT2D eigenvalue weighted by Crippen LogP contribution is 2.35. The zero-order valence-electron chi connectivity index (χ0n) is 33.5. The minimum absolute atomic E-state index is 0.0452. The van der Waals surface area contributed by atoms with Crippen LogP contribution in [-0.4, -0.2) is 103 Å². The molecule has 1 unspecified atom stereocenters. The van der Waals surface area contributed by atoms with E-state index < -0.39 is 23.8 Å². The SMILES string of the molecule is CN(CCCCCC(=O)Nc1ccc2c(c1)C(=O)N(C1CCC(=O)N(C)C1=O)C2=O)CC[C@@H](c1ccccc1)n1cc(NC(=O)c2n[nH]c3c2CCC(C)(C)C3)cn1. The van der Waals surface area contributed by atoms with Crippen molar-refractivity contribution in [1.29, 1.82) is 0 Å². The van der Waals surface area contributed by atoms with E-state index >= 15 is 0 Å². The Balaban J connectivity index is 0.860. The molecule has 1 aliphatic carbocycles. The normalized spacial score (nSPS) is 18.1. The number of nitrogens with zero attached hydrogens (tertiary/aromatic N) is 6. The summed E-state index contributed by atoms with van der Waals surface area (Å²) in [5, 5.41) is 18.0. The summed E-state index contributed by atoms with van der Waals surface area (Å²) < 4.78 is 1.91. The lowest BCUT2D eigenvalue weighted by molar-refractivity contribution is -0.149. The number of nitrogens with one attached hydrogen (secondary N) is 3. The van der Waals surface area contributed by atoms with E-state index in [1.54, 1.807) is 12.3 Å². The third-order valence-electron chi connectivity index (χ3n) is 11.6. The van der Waals surface area contributed by atoms with Crippen molar-refractivity contribution in [1.82, 2.24) is 34.7 Å². The molecule has 1 fully saturated rings. The molecular formula is C43H51N9O6. The minimum Gasteiger partial charge on any atom is -0.326 e. The maximum atomic E-state index is 13.3. The van der Waals surface area contributed by atoms with E-state index in [0.29, 0.717) is 29.9 Å². The number of piperidine rings is 1. The lowest BCUT2D eigenvalue weighted by Gasteiger charge is -2.32. The minimum atomic E-state index is -1.03. The summed E-state index contributed by atoms with van der Waals surface area (Å²) in [5.41, 5.74) is 5.10. The van der Waals surface area contributed by atoms with Gasteiger partial charge in [0.25, 0.3) is 23.6 Å². The highest BCUT2D eigenvalue weighted by molar-refractivity contribution is 6.24. The number of hydrogen-bond donors (Lipinski definition) is 3. The number of hydrogen-bond acceptors (Lipinski definition) is 9. The van der Waals surface area contributed by atoms with Gasteiger partial charge in [0.15, 0.2) is 5.69 Å². The lowest BCUT2D eigenvalue weighted by Crippen LogP contribution is -2.54. The summed E-state index contributed by atoms with van der Waals surface area (Å²) in [6, 6.07) is 13.7. The molecule has 0 radical (unpaired) electrons. The average Bonchev–Trinajstić information content (AvgIpc) is 3.90. The monoisotopic (exact) mass is 789 g/mol. The van der Waals surface area contributed by atoms with Crippen molar-refractivity contribution in [3.05, 3.63) is 94.6 Å². The molecule has 4 heterocycles. The van der Waals surface area contributed by atoms with Crippen molar-refractivity contribution in [3.8, 4) is 0 Å². The van der Waals surface area contributed by atoms with E-state index in [2.05, 4.69) is 63.9 Å². The maximum Gasteiger partial charge on any atom is 0.276 e. The van der Waals surface area contributed by atoms with Gasteiger partial charge in [0.05, 0.1) is 29.1 Å². The number of benzene rings is 2. The molecule has 4 aromatic rings. The Morgan fingerprint density at radius 3 is 2.52 bits per heavy atom. The standard InChI is InChI=1S/C43H51N9O6/c1-43(2)20-18-31-33(24-43)47-48-38(31)39(55)46-29-25-44-51(26-29)34(27-11-7-5-8-12-27)19-22-49(3)21-10-6-9-13-36(53)45-28-14-15-30-32(23-28)41(57)52(40(30)56)35-16-17-37(54)50(4)42(35)58/h5,7-8,11-12,14-15,23,25-26,34-35H,6,9-10,13,16-22,24H2,1-4H3,(H,45,53)(H,46,55)(H,47,48)/t34-,35?/m0/s1. The van der Waals surface area contributed by atoms with Gasteiger partial charge in [-0.25, -0.2) is 0 Å². The summed E-state index contributed by atoms with van der Waals surface area (Å²) in [4.78, 5) is 81.2. The Morgan fingerprint density at radius 2 is 1.72 bits per heavy atom. The van der Waals surface area contributed by atoms with Gasteiger partial charge in [0.1, 0.15) is 6.04 Å². The number of fused-ring (bicyclic) bond motifs is 2. The fourth-order valence-electron chi connectivity index (χ4n) is 8.20. The Bertz CT molecular complexity index is 2230. The van der Waals surface area contributed by atoms with E-state index in [9.17, 15) is 28.8 Å². The molecule has 58 heavy (non-hydrogen) atoms. The van der Waals surface area contributed by atoms with Crippen molar-refractivity contribution in [2.75, 3.05) is 37.8 Å². The first-order valence-corrected chi connectivity index (χ1v) is 20.1. The number of unbranched alkanes of at least 4 members (excludes halogenated alkanes) is 2. The Kier molecular flexibility index (Phi) is 11.7. The number of H-pyrrole nitrogens is 1. The molecule has 304 valence electrons. The number of carbonyl (C=O) groups excluding carboxylic acids is 6. The number of imide groups is 2. The van der Waals surface area contributed by atoms with Crippen LogP contribution in [0.2, 0.25) is 0 Å². The number of rotatable bonds is 15. The molecule has 0 bridgehead atoms. The van der Waals surface area contributed by atoms with Crippen LogP contribution in [0.1, 0.15) is 119 Å². The van der Waals surface area contributed by atoms with E-state index in [4.69, 9.17) is 0 Å². The molecule has 3 aliphatic rings. The number of carbonyl (C=O) groups is 6. The van der Waals surface area contributed by atoms with Crippen LogP contribution in [0.4, 0.5) is 11.4 Å². The van der Waals surface area contributed by atoms with Gasteiger partial charge in [-0.1, -0.05) is 50.6 Å². The van der Waals surface area contributed by atoms with Gasteiger partial charge in [-0.15, -0.1) is 0 Å². The number of aromatic amines is 1. The predicted octanol–water partition coefficient (Wildman–Crippen LogP) is 5.23. The highest BCUT2D eigenvalue weighted by Gasteiger charge is 2.46. The quantitative estimate of drug-likeness (QED) is 0.107. The van der Waals surface area contributed by atoms with E-state index in [0.717, 1.165) is 78.2 Å². The first kappa shape index (κ1) is 40.2. The van der Waals surface area contributed by atoms with Crippen LogP contribution in [0, 0.1) is 5.41 Å². The van der Waals surface area contributed by atoms with Crippen LogP contribution in [-0.2, 0) is 27.2 Å². The van der Waals surface area contributed by atoms with E-state index in [-0.39, 0.29) is 53.1 Å². The van der Waals surface area contributed by atoms with Crippen molar-refractivity contribution < 1.29 is 28.8 Å². The first-order valence-electron chi connectivity index (χ1n) is 20.1. The Hall–Kier alpha value is -5.96. The topological polar surface area (TPSA) is 183 Å². The molecule has 2 atom stereocenters. The lowest BCUT2D eigenvalue weighted by atomic mass is 9.76. The summed E-state index contributed by atoms with van der Waals surface area (Å²) in [7, 11) is 3.43. The molecule has 2 aromatic heterocycles. The fraction of sp³-hybridized carbons (Fsp3) is 0.442. The fourth-order valence-corrected chi connectivity index (χ4v) is 8.20. The number of amides is 6. The second-order valence-electron chi connectivity index (χ2n) is 16.5. The van der Waals surface area contributed by atoms with Crippen molar-refractivity contribution in [3.63, 3.8) is 0 Å². The third-order valence-corrected chi connectivity index (χ3v) is 11.6. The second kappa shape index (κ2) is 16.9. The van der Waals surface area contributed by atoms with Crippen LogP contribution < -0.4 is 10.6 Å². The van der Waals surface area contributed by atoms with Gasteiger partial charge in [0, 0.05) is 49.6 Å². The van der Waals surface area contributed by atoms with E-state index in [1.165, 1.54) is 19.2 Å². The molecule has 7 rings (SSSR count). The summed E-state index contributed by atoms with van der Waals surface area (Å²) in [5.74, 6) is -2.55. The third kappa shape index (κ3) is 8.64. The second-order valence-corrected chi connectivity index (χ2v) is 16.5. The van der Waals surface area contributed by atoms with Gasteiger partial charge in [-0.2, -0.15) is 10.2 Å². The van der Waals surface area contributed by atoms with Crippen molar-refractivity contribution in [2.24, 2.45) is 5.41 Å². The smallest absolute Gasteiger partial charge is 0.276 e. The Labute approximate surface area is 337 Å².